The molecule has 0 spiro atoms. The molecule has 4 N–H and O–H groups in total. The fourth-order valence-corrected chi connectivity index (χ4v) is 0.236. The second-order valence-corrected chi connectivity index (χ2v) is 1.30. The monoisotopic (exact) mass is 111 g/mol. The lowest BCUT2D eigenvalue weighted by Gasteiger charge is -1.88. The average Bonchev–Trinajstić information content (AvgIpc) is 1.65. The molecule has 0 saturated heterocycles. The molecular weight excluding hydrogens is 102 g/mol. The van der Waals surface area contributed by atoms with E-state index in [0.29, 0.717) is 5.70 Å². The summed E-state index contributed by atoms with van der Waals surface area (Å²) in [7, 11) is 0. The van der Waals surface area contributed by atoms with Gasteiger partial charge in [-0.05, 0) is 6.72 Å². The molecule has 0 aromatic rings. The minimum absolute atomic E-state index is 0.289. The molecule has 3 heteroatoms. The van der Waals surface area contributed by atoms with E-state index in [0.717, 1.165) is 0 Å². The number of nitrogens with zero attached hydrogens (tertiary/aromatic N) is 1. The summed E-state index contributed by atoms with van der Waals surface area (Å²) >= 11 is 0. The third-order valence-corrected chi connectivity index (χ3v) is 0.516. The Morgan fingerprint density at radius 3 is 2.12 bits per heavy atom. The first-order valence-corrected chi connectivity index (χ1v) is 2.05. The first-order valence-electron chi connectivity index (χ1n) is 2.05. The summed E-state index contributed by atoms with van der Waals surface area (Å²) in [5.41, 5.74) is 10.7. The van der Waals surface area contributed by atoms with Gasteiger partial charge in [0.05, 0.1) is 0 Å². The number of aliphatic imine (C=N–C) groups is 1. The zero-order valence-electron chi connectivity index (χ0n) is 4.59. The number of nitrogens with two attached hydrogens (primary N) is 2. The molecule has 0 saturated carbocycles. The molecule has 0 aliphatic carbocycles. The maximum atomic E-state index is 5.16. The van der Waals surface area contributed by atoms with Gasteiger partial charge in [-0.2, -0.15) is 0 Å². The zero-order chi connectivity index (χ0) is 6.57. The number of allylic oxidation sites excluding steroid dienone is 1. The van der Waals surface area contributed by atoms with Gasteiger partial charge in [0.1, 0.15) is 5.82 Å². The van der Waals surface area contributed by atoms with Crippen molar-refractivity contribution in [2.24, 2.45) is 16.5 Å². The van der Waals surface area contributed by atoms with Crippen molar-refractivity contribution in [3.63, 3.8) is 0 Å². The smallest absolute Gasteiger partial charge is 0.124 e. The van der Waals surface area contributed by atoms with Gasteiger partial charge >= 0.3 is 0 Å². The highest BCUT2D eigenvalue weighted by Crippen LogP contribution is 1.86. The molecule has 0 bridgehead atoms. The Kier molecular flexibility index (Phi) is 2.40. The van der Waals surface area contributed by atoms with Gasteiger partial charge in [0, 0.05) is 11.8 Å². The van der Waals surface area contributed by atoms with Crippen molar-refractivity contribution in [3.8, 4) is 0 Å². The molecule has 0 rings (SSSR count). The lowest BCUT2D eigenvalue weighted by molar-refractivity contribution is 1.23. The maximum absolute atomic E-state index is 5.16. The van der Waals surface area contributed by atoms with E-state index in [1.54, 1.807) is 0 Å². The molecule has 0 fully saturated rings. The van der Waals surface area contributed by atoms with E-state index in [-0.39, 0.29) is 5.82 Å². The van der Waals surface area contributed by atoms with Gasteiger partial charge in [-0.25, -0.2) is 4.99 Å². The topological polar surface area (TPSA) is 64.4 Å². The van der Waals surface area contributed by atoms with Crippen molar-refractivity contribution in [2.45, 2.75) is 0 Å². The quantitative estimate of drug-likeness (QED) is 0.388. The Labute approximate surface area is 48.4 Å². The van der Waals surface area contributed by atoms with Crippen LogP contribution in [0.25, 0.3) is 0 Å². The van der Waals surface area contributed by atoms with Gasteiger partial charge in [0.2, 0.25) is 0 Å². The Bertz CT molecular complexity index is 135. The number of rotatable bonds is 2. The van der Waals surface area contributed by atoms with Gasteiger partial charge in [-0.1, -0.05) is 6.58 Å². The molecule has 0 aromatic heterocycles. The second kappa shape index (κ2) is 2.85. The van der Waals surface area contributed by atoms with E-state index in [4.69, 9.17) is 11.5 Å². The van der Waals surface area contributed by atoms with Crippen LogP contribution in [0.2, 0.25) is 0 Å². The molecule has 0 aromatic carbocycles. The van der Waals surface area contributed by atoms with E-state index in [1.165, 1.54) is 6.08 Å². The molecule has 0 amide bonds. The van der Waals surface area contributed by atoms with Crippen molar-refractivity contribution in [2.75, 3.05) is 0 Å². The van der Waals surface area contributed by atoms with E-state index in [2.05, 4.69) is 18.3 Å². The Morgan fingerprint density at radius 1 is 1.50 bits per heavy atom. The highest BCUT2D eigenvalue weighted by molar-refractivity contribution is 5.29. The summed E-state index contributed by atoms with van der Waals surface area (Å²) in [6.45, 7) is 6.55. The van der Waals surface area contributed by atoms with Crippen LogP contribution >= 0.6 is 0 Å². The Hall–Kier alpha value is -1.25. The third kappa shape index (κ3) is 2.96. The molecule has 8 heavy (non-hydrogen) atoms. The van der Waals surface area contributed by atoms with Crippen molar-refractivity contribution >= 4 is 6.72 Å². The lowest BCUT2D eigenvalue weighted by Crippen LogP contribution is -1.97. The molecule has 0 heterocycles. The van der Waals surface area contributed by atoms with Crippen LogP contribution in [-0.2, 0) is 0 Å². The minimum atomic E-state index is 0.289. The van der Waals surface area contributed by atoms with Crippen LogP contribution in [0.15, 0.2) is 29.2 Å². The standard InChI is InChI=1S/C5H9N3/c1-4(6)3-5(7)8-2/h3H,1-2,6-7H2/b5-3-. The van der Waals surface area contributed by atoms with Crippen LogP contribution in [0.5, 0.6) is 0 Å². The predicted molar refractivity (Wildman–Crippen MR) is 35.1 cm³/mol. The van der Waals surface area contributed by atoms with Crippen molar-refractivity contribution in [1.82, 2.24) is 0 Å². The van der Waals surface area contributed by atoms with Crippen molar-refractivity contribution in [3.05, 3.63) is 24.2 Å². The molecule has 3 nitrogen and oxygen atoms in total. The van der Waals surface area contributed by atoms with Crippen molar-refractivity contribution < 1.29 is 0 Å². The van der Waals surface area contributed by atoms with Gasteiger partial charge in [0.15, 0.2) is 0 Å². The zero-order valence-corrected chi connectivity index (χ0v) is 4.59. The molecule has 0 aliphatic rings. The molecule has 0 unspecified atom stereocenters. The summed E-state index contributed by atoms with van der Waals surface area (Å²) in [4.78, 5) is 3.38. The van der Waals surface area contributed by atoms with Crippen LogP contribution in [0, 0.1) is 0 Å². The molecule has 0 radical (unpaired) electrons. The van der Waals surface area contributed by atoms with Crippen LogP contribution in [0.3, 0.4) is 0 Å². The summed E-state index contributed by atoms with van der Waals surface area (Å²) in [5, 5.41) is 0. The predicted octanol–water partition coefficient (Wildman–Crippen LogP) is -0.0405. The third-order valence-electron chi connectivity index (χ3n) is 0.516. The number of hydrogen-bond donors (Lipinski definition) is 2. The maximum Gasteiger partial charge on any atom is 0.124 e. The Morgan fingerprint density at radius 2 is 2.00 bits per heavy atom. The fraction of sp³-hybridized carbons (Fsp3) is 0. The van der Waals surface area contributed by atoms with Crippen LogP contribution in [0.4, 0.5) is 0 Å². The van der Waals surface area contributed by atoms with Crippen molar-refractivity contribution in [1.29, 1.82) is 0 Å². The molecule has 0 atom stereocenters. The molecular formula is C5H9N3. The summed E-state index contributed by atoms with van der Waals surface area (Å²) in [5.74, 6) is 0.289. The molecule has 0 aliphatic heterocycles. The summed E-state index contributed by atoms with van der Waals surface area (Å²) in [6.07, 6.45) is 1.44. The van der Waals surface area contributed by atoms with Crippen LogP contribution in [0.1, 0.15) is 0 Å². The van der Waals surface area contributed by atoms with E-state index >= 15 is 0 Å². The van der Waals surface area contributed by atoms with Gasteiger partial charge in [-0.3, -0.25) is 0 Å². The first-order chi connectivity index (χ1) is 3.66. The summed E-state index contributed by atoms with van der Waals surface area (Å²) in [6, 6.07) is 0. The second-order valence-electron chi connectivity index (χ2n) is 1.30. The van der Waals surface area contributed by atoms with E-state index < -0.39 is 0 Å². The first kappa shape index (κ1) is 6.75. The highest BCUT2D eigenvalue weighted by Gasteiger charge is 1.78. The number of hydrogen-bond acceptors (Lipinski definition) is 3. The summed E-state index contributed by atoms with van der Waals surface area (Å²) < 4.78 is 0. The fourth-order valence-electron chi connectivity index (χ4n) is 0.236. The highest BCUT2D eigenvalue weighted by atomic mass is 14.9. The van der Waals surface area contributed by atoms with E-state index in [9.17, 15) is 0 Å². The van der Waals surface area contributed by atoms with Crippen LogP contribution in [-0.4, -0.2) is 6.72 Å². The average molecular weight is 111 g/mol. The van der Waals surface area contributed by atoms with Gasteiger partial charge in [0.25, 0.3) is 0 Å². The SMILES string of the molecule is C=N/C(N)=C\C(=C)N. The largest absolute Gasteiger partial charge is 0.399 e. The normalized spacial score (nSPS) is 10.8. The molecule has 44 valence electrons. The van der Waals surface area contributed by atoms with E-state index in [1.807, 2.05) is 0 Å². The minimum Gasteiger partial charge on any atom is -0.399 e. The lowest BCUT2D eigenvalue weighted by atomic mass is 10.5. The van der Waals surface area contributed by atoms with Gasteiger partial charge < -0.3 is 11.5 Å². The van der Waals surface area contributed by atoms with Gasteiger partial charge in [-0.15, -0.1) is 0 Å². The van der Waals surface area contributed by atoms with Crippen LogP contribution < -0.4 is 11.5 Å². The Balaban J connectivity index is 3.94.